The molecule has 1 aromatic rings. The van der Waals surface area contributed by atoms with Crippen molar-refractivity contribution in [2.75, 3.05) is 5.75 Å². The maximum absolute atomic E-state index is 10.6. The van der Waals surface area contributed by atoms with Crippen LogP contribution < -0.4 is 0 Å². The number of carbonyl (C=O) groups is 1. The molecule has 17 heavy (non-hydrogen) atoms. The van der Waals surface area contributed by atoms with Crippen molar-refractivity contribution >= 4 is 17.7 Å². The normalized spacial score (nSPS) is 17.9. The van der Waals surface area contributed by atoms with Gasteiger partial charge < -0.3 is 9.67 Å². The van der Waals surface area contributed by atoms with E-state index in [9.17, 15) is 4.79 Å². The van der Waals surface area contributed by atoms with Gasteiger partial charge >= 0.3 is 5.97 Å². The molecule has 1 fully saturated rings. The van der Waals surface area contributed by atoms with E-state index in [2.05, 4.69) is 9.55 Å². The summed E-state index contributed by atoms with van der Waals surface area (Å²) in [6.07, 6.45) is 11.3. The first-order valence-corrected chi connectivity index (χ1v) is 7.13. The van der Waals surface area contributed by atoms with Crippen molar-refractivity contribution in [2.45, 2.75) is 49.7 Å². The van der Waals surface area contributed by atoms with E-state index in [4.69, 9.17) is 5.11 Å². The van der Waals surface area contributed by atoms with Gasteiger partial charge in [0.25, 0.3) is 0 Å². The highest BCUT2D eigenvalue weighted by molar-refractivity contribution is 7.99. The Hall–Kier alpha value is -0.970. The molecule has 2 rings (SSSR count). The number of hydrogen-bond donors (Lipinski definition) is 1. The van der Waals surface area contributed by atoms with Crippen LogP contribution in [0.5, 0.6) is 0 Å². The Bertz CT molecular complexity index is 370. The standard InChI is InChI=1S/C12H18N2O2S/c15-11(16)9-17-12-13-7-8-14(12)10-5-3-1-2-4-6-10/h7-8,10H,1-6,9H2,(H,15,16). The summed E-state index contributed by atoms with van der Waals surface area (Å²) in [5, 5.41) is 9.55. The molecule has 1 aliphatic rings. The second kappa shape index (κ2) is 6.10. The van der Waals surface area contributed by atoms with Gasteiger partial charge in [-0.25, -0.2) is 4.98 Å². The van der Waals surface area contributed by atoms with Crippen molar-refractivity contribution in [1.29, 1.82) is 0 Å². The number of rotatable bonds is 4. The third-order valence-electron chi connectivity index (χ3n) is 3.18. The molecule has 94 valence electrons. The summed E-state index contributed by atoms with van der Waals surface area (Å²) in [7, 11) is 0. The molecule has 0 atom stereocenters. The Balaban J connectivity index is 2.03. The molecule has 0 aromatic carbocycles. The van der Waals surface area contributed by atoms with Gasteiger partial charge in [0.2, 0.25) is 0 Å². The second-order valence-corrected chi connectivity index (χ2v) is 5.39. The first kappa shape index (κ1) is 12.5. The molecule has 4 nitrogen and oxygen atoms in total. The molecule has 1 aliphatic carbocycles. The molecule has 0 unspecified atom stereocenters. The zero-order chi connectivity index (χ0) is 12.1. The highest BCUT2D eigenvalue weighted by Crippen LogP contribution is 2.30. The average Bonchev–Trinajstić information content (AvgIpc) is 2.60. The largest absolute Gasteiger partial charge is 0.481 e. The summed E-state index contributed by atoms with van der Waals surface area (Å²) in [6.45, 7) is 0. The zero-order valence-corrected chi connectivity index (χ0v) is 10.7. The lowest BCUT2D eigenvalue weighted by Gasteiger charge is -2.18. The lowest BCUT2D eigenvalue weighted by molar-refractivity contribution is -0.133. The van der Waals surface area contributed by atoms with Crippen LogP contribution in [0.2, 0.25) is 0 Å². The van der Waals surface area contributed by atoms with E-state index in [-0.39, 0.29) is 5.75 Å². The quantitative estimate of drug-likeness (QED) is 0.663. The third-order valence-corrected chi connectivity index (χ3v) is 4.14. The Labute approximate surface area is 105 Å². The van der Waals surface area contributed by atoms with Crippen LogP contribution in [0.1, 0.15) is 44.6 Å². The predicted molar refractivity (Wildman–Crippen MR) is 67.3 cm³/mol. The van der Waals surface area contributed by atoms with E-state index in [1.54, 1.807) is 6.20 Å². The maximum atomic E-state index is 10.6. The van der Waals surface area contributed by atoms with Crippen molar-refractivity contribution < 1.29 is 9.90 Å². The van der Waals surface area contributed by atoms with Crippen molar-refractivity contribution in [1.82, 2.24) is 9.55 Å². The number of thioether (sulfide) groups is 1. The summed E-state index contributed by atoms with van der Waals surface area (Å²) < 4.78 is 2.17. The van der Waals surface area contributed by atoms with Crippen LogP contribution in [0, 0.1) is 0 Å². The minimum Gasteiger partial charge on any atom is -0.481 e. The van der Waals surface area contributed by atoms with E-state index >= 15 is 0 Å². The summed E-state index contributed by atoms with van der Waals surface area (Å²) in [5.74, 6) is -0.700. The average molecular weight is 254 g/mol. The summed E-state index contributed by atoms with van der Waals surface area (Å²) in [5.41, 5.74) is 0. The molecule has 1 saturated carbocycles. The highest BCUT2D eigenvalue weighted by Gasteiger charge is 2.17. The van der Waals surface area contributed by atoms with Crippen LogP contribution in [0.4, 0.5) is 0 Å². The molecule has 1 aromatic heterocycles. The number of aliphatic carboxylic acids is 1. The second-order valence-electron chi connectivity index (χ2n) is 4.44. The van der Waals surface area contributed by atoms with Crippen LogP contribution in [0.25, 0.3) is 0 Å². The van der Waals surface area contributed by atoms with Crippen LogP contribution in [-0.4, -0.2) is 26.4 Å². The summed E-state index contributed by atoms with van der Waals surface area (Å²) in [6, 6.07) is 0.510. The number of nitrogens with zero attached hydrogens (tertiary/aromatic N) is 2. The molecule has 0 radical (unpaired) electrons. The fourth-order valence-corrected chi connectivity index (χ4v) is 3.10. The monoisotopic (exact) mass is 254 g/mol. The van der Waals surface area contributed by atoms with E-state index in [0.717, 1.165) is 5.16 Å². The van der Waals surface area contributed by atoms with Crippen molar-refractivity contribution in [3.63, 3.8) is 0 Å². The molecule has 1 N–H and O–H groups in total. The van der Waals surface area contributed by atoms with E-state index in [0.29, 0.717) is 6.04 Å². The number of imidazole rings is 1. The lowest BCUT2D eigenvalue weighted by atomic mass is 10.1. The van der Waals surface area contributed by atoms with Gasteiger partial charge in [-0.2, -0.15) is 0 Å². The van der Waals surface area contributed by atoms with E-state index in [1.165, 1.54) is 50.3 Å². The first-order valence-electron chi connectivity index (χ1n) is 6.15. The van der Waals surface area contributed by atoms with Crippen molar-refractivity contribution in [3.8, 4) is 0 Å². The molecule has 1 heterocycles. The van der Waals surface area contributed by atoms with Gasteiger partial charge in [0.1, 0.15) is 0 Å². The number of hydrogen-bond acceptors (Lipinski definition) is 3. The maximum Gasteiger partial charge on any atom is 0.313 e. The van der Waals surface area contributed by atoms with Gasteiger partial charge in [-0.3, -0.25) is 4.79 Å². The molecule has 0 aliphatic heterocycles. The molecule has 0 saturated heterocycles. The fraction of sp³-hybridized carbons (Fsp3) is 0.667. The minimum absolute atomic E-state index is 0.0870. The van der Waals surface area contributed by atoms with E-state index < -0.39 is 5.97 Å². The van der Waals surface area contributed by atoms with Gasteiger partial charge in [0, 0.05) is 18.4 Å². The smallest absolute Gasteiger partial charge is 0.313 e. The number of carboxylic acid groups (broad SMARTS) is 1. The van der Waals surface area contributed by atoms with Gasteiger partial charge in [-0.15, -0.1) is 0 Å². The van der Waals surface area contributed by atoms with E-state index in [1.807, 2.05) is 6.20 Å². The number of aromatic nitrogens is 2. The third kappa shape index (κ3) is 3.49. The van der Waals surface area contributed by atoms with Gasteiger partial charge in [-0.05, 0) is 12.8 Å². The minimum atomic E-state index is -0.787. The molecule has 5 heteroatoms. The molecular formula is C12H18N2O2S. The van der Waals surface area contributed by atoms with Crippen LogP contribution in [0.3, 0.4) is 0 Å². The van der Waals surface area contributed by atoms with Crippen LogP contribution in [0.15, 0.2) is 17.6 Å². The zero-order valence-electron chi connectivity index (χ0n) is 9.84. The van der Waals surface area contributed by atoms with Crippen molar-refractivity contribution in [2.24, 2.45) is 0 Å². The Morgan fingerprint density at radius 1 is 1.41 bits per heavy atom. The summed E-state index contributed by atoms with van der Waals surface area (Å²) in [4.78, 5) is 14.8. The van der Waals surface area contributed by atoms with Crippen LogP contribution >= 0.6 is 11.8 Å². The SMILES string of the molecule is O=C(O)CSc1nccn1C1CCCCCC1. The molecule has 0 bridgehead atoms. The number of carboxylic acids is 1. The predicted octanol–water partition coefficient (Wildman–Crippen LogP) is 2.96. The Kier molecular flexibility index (Phi) is 4.48. The van der Waals surface area contributed by atoms with Crippen molar-refractivity contribution in [3.05, 3.63) is 12.4 Å². The Morgan fingerprint density at radius 2 is 2.12 bits per heavy atom. The van der Waals surface area contributed by atoms with Gasteiger partial charge in [0.15, 0.2) is 5.16 Å². The molecule has 0 amide bonds. The lowest BCUT2D eigenvalue weighted by Crippen LogP contribution is -2.09. The highest BCUT2D eigenvalue weighted by atomic mass is 32.2. The molecule has 0 spiro atoms. The van der Waals surface area contributed by atoms with Gasteiger partial charge in [0.05, 0.1) is 5.75 Å². The van der Waals surface area contributed by atoms with Gasteiger partial charge in [-0.1, -0.05) is 37.4 Å². The molecular weight excluding hydrogens is 236 g/mol. The topological polar surface area (TPSA) is 55.1 Å². The fourth-order valence-electron chi connectivity index (χ4n) is 2.35. The Morgan fingerprint density at radius 3 is 2.76 bits per heavy atom. The summed E-state index contributed by atoms with van der Waals surface area (Å²) >= 11 is 1.31. The first-order chi connectivity index (χ1) is 8.27. The van der Waals surface area contributed by atoms with Crippen LogP contribution in [-0.2, 0) is 4.79 Å².